The van der Waals surface area contributed by atoms with Crippen molar-refractivity contribution in [3.05, 3.63) is 56.8 Å². The molecule has 2 aromatic carbocycles. The maximum atomic E-state index is 12.4. The molecular weight excluding hydrogens is 433 g/mol. The normalized spacial score (nSPS) is 20.3. The number of urea groups is 1. The number of benzene rings is 2. The Balaban J connectivity index is 1.52. The second kappa shape index (κ2) is 6.98. The topological polar surface area (TPSA) is 112 Å². The standard InChI is InChI=1S/C19H13Cl2N5O4/c1-8-14-18(29-14)22-19(28)26(25-8)9-6-12(20)15(13(21)7-9)30-17-11-5-3-2-4-10(11)16(27)23-24-17/h2-7,14,18H,1H3,(H,22,28)(H,23,27). The van der Waals surface area contributed by atoms with Gasteiger partial charge in [-0.15, -0.1) is 5.10 Å². The van der Waals surface area contributed by atoms with Crippen molar-refractivity contribution >= 4 is 51.4 Å². The first-order chi connectivity index (χ1) is 14.4. The molecule has 2 atom stereocenters. The average Bonchev–Trinajstić information content (AvgIpc) is 3.50. The summed E-state index contributed by atoms with van der Waals surface area (Å²) in [5.41, 5.74) is 0.664. The summed E-state index contributed by atoms with van der Waals surface area (Å²) < 4.78 is 11.1. The molecule has 3 aromatic rings. The van der Waals surface area contributed by atoms with Gasteiger partial charge in [0, 0.05) is 0 Å². The van der Waals surface area contributed by atoms with E-state index in [4.69, 9.17) is 32.7 Å². The third kappa shape index (κ3) is 3.17. The molecule has 1 fully saturated rings. The molecule has 2 aliphatic heterocycles. The van der Waals surface area contributed by atoms with Gasteiger partial charge in [-0.25, -0.2) is 9.89 Å². The van der Waals surface area contributed by atoms with E-state index in [1.807, 2.05) is 0 Å². The number of hydrogen-bond acceptors (Lipinski definition) is 6. The van der Waals surface area contributed by atoms with Crippen molar-refractivity contribution in [3.8, 4) is 11.6 Å². The predicted octanol–water partition coefficient (Wildman–Crippen LogP) is 3.65. The quantitative estimate of drug-likeness (QED) is 0.597. The Morgan fingerprint density at radius 1 is 1.13 bits per heavy atom. The second-order valence-electron chi connectivity index (χ2n) is 6.72. The van der Waals surface area contributed by atoms with Crippen molar-refractivity contribution in [2.75, 3.05) is 5.01 Å². The van der Waals surface area contributed by atoms with Gasteiger partial charge in [0.15, 0.2) is 12.0 Å². The van der Waals surface area contributed by atoms with Crippen molar-refractivity contribution < 1.29 is 14.3 Å². The van der Waals surface area contributed by atoms with E-state index in [0.29, 0.717) is 22.2 Å². The summed E-state index contributed by atoms with van der Waals surface area (Å²) in [7, 11) is 0. The van der Waals surface area contributed by atoms with Crippen LogP contribution in [0.4, 0.5) is 10.5 Å². The number of fused-ring (bicyclic) bond motifs is 2. The molecule has 1 saturated heterocycles. The van der Waals surface area contributed by atoms with Gasteiger partial charge in [-0.1, -0.05) is 35.3 Å². The number of nitrogens with zero attached hydrogens (tertiary/aromatic N) is 3. The van der Waals surface area contributed by atoms with Crippen LogP contribution in [-0.4, -0.2) is 34.3 Å². The van der Waals surface area contributed by atoms with E-state index >= 15 is 0 Å². The van der Waals surface area contributed by atoms with Crippen LogP contribution < -0.4 is 20.6 Å². The van der Waals surface area contributed by atoms with Gasteiger partial charge in [-0.05, 0) is 31.2 Å². The van der Waals surface area contributed by atoms with Gasteiger partial charge >= 0.3 is 6.03 Å². The lowest BCUT2D eigenvalue weighted by Gasteiger charge is -2.19. The van der Waals surface area contributed by atoms with Crippen molar-refractivity contribution in [2.45, 2.75) is 19.3 Å². The van der Waals surface area contributed by atoms with Crippen LogP contribution in [0.25, 0.3) is 10.8 Å². The minimum absolute atomic E-state index is 0.133. The molecule has 2 N–H and O–H groups in total. The molecule has 2 unspecified atom stereocenters. The van der Waals surface area contributed by atoms with Crippen LogP contribution in [-0.2, 0) is 4.74 Å². The number of carbonyl (C=O) groups excluding carboxylic acids is 1. The molecule has 3 heterocycles. The maximum Gasteiger partial charge on any atom is 0.344 e. The van der Waals surface area contributed by atoms with Gasteiger partial charge in [0.1, 0.15) is 6.10 Å². The number of hydrogen-bond donors (Lipinski definition) is 2. The maximum absolute atomic E-state index is 12.4. The molecule has 1 aromatic heterocycles. The van der Waals surface area contributed by atoms with Gasteiger partial charge in [0.25, 0.3) is 5.56 Å². The number of halogens is 2. The minimum atomic E-state index is -0.464. The van der Waals surface area contributed by atoms with Gasteiger partial charge in [0.2, 0.25) is 5.88 Å². The SMILES string of the molecule is CC1=NN(c2cc(Cl)c(Oc3n[nH]c(=O)c4ccccc34)c(Cl)c2)C(=O)NC2OC12. The fraction of sp³-hybridized carbons (Fsp3) is 0.158. The zero-order valence-electron chi connectivity index (χ0n) is 15.3. The number of nitrogens with one attached hydrogen (secondary N) is 2. The Morgan fingerprint density at radius 3 is 2.57 bits per heavy atom. The van der Waals surface area contributed by atoms with Gasteiger partial charge < -0.3 is 14.8 Å². The largest absolute Gasteiger partial charge is 0.434 e. The molecule has 2 aliphatic rings. The van der Waals surface area contributed by atoms with Crippen LogP contribution in [0.5, 0.6) is 11.6 Å². The molecule has 2 amide bonds. The van der Waals surface area contributed by atoms with Gasteiger partial charge in [-0.3, -0.25) is 4.79 Å². The van der Waals surface area contributed by atoms with E-state index in [1.165, 1.54) is 17.1 Å². The summed E-state index contributed by atoms with van der Waals surface area (Å²) >= 11 is 12.8. The van der Waals surface area contributed by atoms with Crippen molar-refractivity contribution in [1.29, 1.82) is 0 Å². The van der Waals surface area contributed by atoms with E-state index in [9.17, 15) is 9.59 Å². The lowest BCUT2D eigenvalue weighted by Crippen LogP contribution is -2.37. The van der Waals surface area contributed by atoms with Crippen LogP contribution in [0.2, 0.25) is 10.0 Å². The lowest BCUT2D eigenvalue weighted by molar-refractivity contribution is 0.240. The van der Waals surface area contributed by atoms with Crippen LogP contribution in [0.3, 0.4) is 0 Å². The first kappa shape index (κ1) is 18.9. The molecule has 5 rings (SSSR count). The van der Waals surface area contributed by atoms with Crippen LogP contribution in [0, 0.1) is 0 Å². The molecular formula is C19H13Cl2N5O4. The number of H-pyrrole nitrogens is 1. The summed E-state index contributed by atoms with van der Waals surface area (Å²) in [4.78, 5) is 24.4. The fourth-order valence-electron chi connectivity index (χ4n) is 3.19. The molecule has 9 nitrogen and oxygen atoms in total. The van der Waals surface area contributed by atoms with Crippen molar-refractivity contribution in [1.82, 2.24) is 15.5 Å². The molecule has 152 valence electrons. The lowest BCUT2D eigenvalue weighted by atomic mass is 10.2. The van der Waals surface area contributed by atoms with Crippen LogP contribution in [0.15, 0.2) is 46.3 Å². The number of anilines is 1. The third-order valence-electron chi connectivity index (χ3n) is 4.71. The highest BCUT2D eigenvalue weighted by Gasteiger charge is 2.46. The summed E-state index contributed by atoms with van der Waals surface area (Å²) in [6.07, 6.45) is -0.605. The number of amides is 2. The fourth-order valence-corrected chi connectivity index (χ4v) is 3.74. The summed E-state index contributed by atoms with van der Waals surface area (Å²) in [5.74, 6) is 0.272. The Morgan fingerprint density at radius 2 is 1.83 bits per heavy atom. The van der Waals surface area contributed by atoms with Crippen LogP contribution in [0.1, 0.15) is 6.92 Å². The summed E-state index contributed by atoms with van der Waals surface area (Å²) in [6.45, 7) is 1.77. The molecule has 0 radical (unpaired) electrons. The first-order valence-electron chi connectivity index (χ1n) is 8.88. The highest BCUT2D eigenvalue weighted by Crippen LogP contribution is 2.41. The van der Waals surface area contributed by atoms with E-state index < -0.39 is 6.03 Å². The number of aromatic amines is 1. The number of carbonyl (C=O) groups is 1. The molecule has 0 bridgehead atoms. The Hall–Kier alpha value is -3.14. The van der Waals surface area contributed by atoms with Crippen LogP contribution >= 0.6 is 23.2 Å². The number of rotatable bonds is 3. The van der Waals surface area contributed by atoms with Gasteiger partial charge in [-0.2, -0.15) is 10.1 Å². The number of aromatic nitrogens is 2. The average molecular weight is 446 g/mol. The second-order valence-corrected chi connectivity index (χ2v) is 7.54. The van der Waals surface area contributed by atoms with E-state index in [1.54, 1.807) is 31.2 Å². The zero-order valence-corrected chi connectivity index (χ0v) is 16.9. The first-order valence-corrected chi connectivity index (χ1v) is 9.63. The molecule has 11 heteroatoms. The number of epoxide rings is 1. The predicted molar refractivity (Wildman–Crippen MR) is 112 cm³/mol. The summed E-state index contributed by atoms with van der Waals surface area (Å²) in [6, 6.07) is 9.40. The highest BCUT2D eigenvalue weighted by molar-refractivity contribution is 6.37. The van der Waals surface area contributed by atoms with Crippen molar-refractivity contribution in [2.24, 2.45) is 5.10 Å². The number of ether oxygens (including phenoxy) is 2. The van der Waals surface area contributed by atoms with Crippen molar-refractivity contribution in [3.63, 3.8) is 0 Å². The van der Waals surface area contributed by atoms with E-state index in [0.717, 1.165) is 0 Å². The third-order valence-corrected chi connectivity index (χ3v) is 5.27. The molecule has 0 spiro atoms. The van der Waals surface area contributed by atoms with E-state index in [2.05, 4.69) is 20.6 Å². The minimum Gasteiger partial charge on any atom is -0.434 e. The summed E-state index contributed by atoms with van der Waals surface area (Å²) in [5, 5.41) is 15.7. The molecule has 0 aliphatic carbocycles. The number of hydrazone groups is 1. The Bertz CT molecular complexity index is 1270. The Kier molecular flexibility index (Phi) is 4.39. The van der Waals surface area contributed by atoms with Gasteiger partial charge in [0.05, 0.1) is 32.2 Å². The monoisotopic (exact) mass is 445 g/mol. The smallest absolute Gasteiger partial charge is 0.344 e. The molecule has 0 saturated carbocycles. The zero-order chi connectivity index (χ0) is 21.0. The Labute approximate surface area is 179 Å². The molecule has 30 heavy (non-hydrogen) atoms. The van der Waals surface area contributed by atoms with E-state index in [-0.39, 0.29) is 39.6 Å². The highest BCUT2D eigenvalue weighted by atomic mass is 35.5.